The van der Waals surface area contributed by atoms with Crippen LogP contribution in [0.15, 0.2) is 30.3 Å². The van der Waals surface area contributed by atoms with E-state index in [1.807, 2.05) is 25.1 Å². The molecule has 16 heavy (non-hydrogen) atoms. The minimum absolute atomic E-state index is 0.227. The van der Waals surface area contributed by atoms with Crippen molar-refractivity contribution in [1.29, 1.82) is 0 Å². The van der Waals surface area contributed by atoms with E-state index in [-0.39, 0.29) is 12.5 Å². The van der Waals surface area contributed by atoms with Crippen LogP contribution >= 0.6 is 0 Å². The molecule has 2 N–H and O–H groups in total. The molecule has 0 aliphatic heterocycles. The summed E-state index contributed by atoms with van der Waals surface area (Å²) >= 11 is 0. The average Bonchev–Trinajstić information content (AvgIpc) is 2.27. The molecule has 0 aromatic heterocycles. The lowest BCUT2D eigenvalue weighted by molar-refractivity contribution is -0.137. The second-order valence-electron chi connectivity index (χ2n) is 3.88. The first kappa shape index (κ1) is 12.7. The molecular weight excluding hydrogens is 202 g/mol. The summed E-state index contributed by atoms with van der Waals surface area (Å²) < 4.78 is 0. The van der Waals surface area contributed by atoms with Crippen molar-refractivity contribution in [3.63, 3.8) is 0 Å². The van der Waals surface area contributed by atoms with E-state index < -0.39 is 5.97 Å². The Kier molecular flexibility index (Phi) is 5.57. The molecule has 0 fully saturated rings. The molecule has 0 unspecified atom stereocenters. The van der Waals surface area contributed by atoms with Gasteiger partial charge in [0.05, 0.1) is 0 Å². The third-order valence-electron chi connectivity index (χ3n) is 2.52. The van der Waals surface area contributed by atoms with Crippen LogP contribution in [-0.2, 0) is 11.2 Å². The van der Waals surface area contributed by atoms with Crippen molar-refractivity contribution < 1.29 is 9.90 Å². The highest BCUT2D eigenvalue weighted by atomic mass is 16.4. The van der Waals surface area contributed by atoms with Crippen molar-refractivity contribution in [3.8, 4) is 0 Å². The van der Waals surface area contributed by atoms with Gasteiger partial charge in [0, 0.05) is 12.5 Å². The number of aliphatic carboxylic acids is 1. The zero-order valence-corrected chi connectivity index (χ0v) is 9.65. The topological polar surface area (TPSA) is 49.3 Å². The van der Waals surface area contributed by atoms with E-state index in [9.17, 15) is 4.79 Å². The third-order valence-corrected chi connectivity index (χ3v) is 2.52. The zero-order valence-electron chi connectivity index (χ0n) is 9.65. The maximum Gasteiger partial charge on any atom is 0.303 e. The molecule has 0 bridgehead atoms. The Bertz CT molecular complexity index is 311. The van der Waals surface area contributed by atoms with E-state index in [1.165, 1.54) is 5.56 Å². The Morgan fingerprint density at radius 2 is 2.06 bits per heavy atom. The lowest BCUT2D eigenvalue weighted by Gasteiger charge is -2.16. The Morgan fingerprint density at radius 3 is 2.62 bits per heavy atom. The number of likely N-dealkylation sites (N-methyl/N-ethyl adjacent to an activating group) is 1. The predicted molar refractivity (Wildman–Crippen MR) is 64.5 cm³/mol. The molecule has 88 valence electrons. The van der Waals surface area contributed by atoms with Gasteiger partial charge in [-0.25, -0.2) is 0 Å². The fraction of sp³-hybridized carbons (Fsp3) is 0.462. The number of nitrogens with one attached hydrogen (secondary N) is 1. The van der Waals surface area contributed by atoms with Gasteiger partial charge in [-0.15, -0.1) is 0 Å². The standard InChI is InChI=1S/C13H19NO2/c1-2-14-12(8-9-13(15)16)10-11-6-4-3-5-7-11/h3-7,12,14H,2,8-10H2,1H3,(H,15,16)/t12-/m1/s1. The molecule has 0 spiro atoms. The summed E-state index contributed by atoms with van der Waals surface area (Å²) in [7, 11) is 0. The van der Waals surface area contributed by atoms with Crippen LogP contribution in [-0.4, -0.2) is 23.7 Å². The molecule has 0 radical (unpaired) electrons. The summed E-state index contributed by atoms with van der Waals surface area (Å²) in [6, 6.07) is 10.4. The van der Waals surface area contributed by atoms with Crippen molar-refractivity contribution >= 4 is 5.97 Å². The van der Waals surface area contributed by atoms with Crippen molar-refractivity contribution in [2.45, 2.75) is 32.2 Å². The summed E-state index contributed by atoms with van der Waals surface area (Å²) in [5.74, 6) is -0.726. The largest absolute Gasteiger partial charge is 0.481 e. The van der Waals surface area contributed by atoms with Crippen molar-refractivity contribution in [1.82, 2.24) is 5.32 Å². The lowest BCUT2D eigenvalue weighted by Crippen LogP contribution is -2.31. The lowest BCUT2D eigenvalue weighted by atomic mass is 10.0. The van der Waals surface area contributed by atoms with Crippen LogP contribution in [0.4, 0.5) is 0 Å². The van der Waals surface area contributed by atoms with Gasteiger partial charge < -0.3 is 10.4 Å². The van der Waals surface area contributed by atoms with Gasteiger partial charge in [-0.2, -0.15) is 0 Å². The smallest absolute Gasteiger partial charge is 0.303 e. The summed E-state index contributed by atoms with van der Waals surface area (Å²) in [5, 5.41) is 12.0. The first-order chi connectivity index (χ1) is 7.72. The maximum absolute atomic E-state index is 10.5. The van der Waals surface area contributed by atoms with Crippen molar-refractivity contribution in [3.05, 3.63) is 35.9 Å². The van der Waals surface area contributed by atoms with Gasteiger partial charge in [0.15, 0.2) is 0 Å². The van der Waals surface area contributed by atoms with E-state index in [4.69, 9.17) is 5.11 Å². The van der Waals surface area contributed by atoms with Gasteiger partial charge in [-0.3, -0.25) is 4.79 Å². The van der Waals surface area contributed by atoms with E-state index in [0.29, 0.717) is 6.42 Å². The van der Waals surface area contributed by atoms with Gasteiger partial charge in [0.1, 0.15) is 0 Å². The number of benzene rings is 1. The molecule has 0 heterocycles. The summed E-state index contributed by atoms with van der Waals surface area (Å²) in [6.45, 7) is 2.91. The van der Waals surface area contributed by atoms with Gasteiger partial charge in [0.2, 0.25) is 0 Å². The zero-order chi connectivity index (χ0) is 11.8. The third kappa shape index (κ3) is 4.94. The molecule has 1 aromatic rings. The van der Waals surface area contributed by atoms with Gasteiger partial charge in [-0.1, -0.05) is 37.3 Å². The van der Waals surface area contributed by atoms with Crippen molar-refractivity contribution in [2.24, 2.45) is 0 Å². The van der Waals surface area contributed by atoms with Crippen LogP contribution in [0.1, 0.15) is 25.3 Å². The van der Waals surface area contributed by atoms with Gasteiger partial charge in [-0.05, 0) is 24.9 Å². The monoisotopic (exact) mass is 221 g/mol. The van der Waals surface area contributed by atoms with E-state index in [2.05, 4.69) is 17.4 Å². The summed E-state index contributed by atoms with van der Waals surface area (Å²) in [5.41, 5.74) is 1.25. The second-order valence-corrected chi connectivity index (χ2v) is 3.88. The minimum Gasteiger partial charge on any atom is -0.481 e. The number of carboxylic acids is 1. The molecule has 1 aromatic carbocycles. The molecule has 0 saturated carbocycles. The molecule has 1 atom stereocenters. The predicted octanol–water partition coefficient (Wildman–Crippen LogP) is 2.07. The summed E-state index contributed by atoms with van der Waals surface area (Å²) in [4.78, 5) is 10.5. The van der Waals surface area contributed by atoms with E-state index >= 15 is 0 Å². The fourth-order valence-corrected chi connectivity index (χ4v) is 1.76. The highest BCUT2D eigenvalue weighted by Gasteiger charge is 2.10. The summed E-state index contributed by atoms with van der Waals surface area (Å²) in [6.07, 6.45) is 1.80. The first-order valence-electron chi connectivity index (χ1n) is 5.71. The molecule has 0 aliphatic rings. The van der Waals surface area contributed by atoms with E-state index in [0.717, 1.165) is 13.0 Å². The van der Waals surface area contributed by atoms with Crippen LogP contribution in [0.25, 0.3) is 0 Å². The average molecular weight is 221 g/mol. The molecule has 0 amide bonds. The Labute approximate surface area is 96.5 Å². The van der Waals surface area contributed by atoms with Crippen LogP contribution < -0.4 is 5.32 Å². The second kappa shape index (κ2) is 7.01. The number of rotatable bonds is 7. The highest BCUT2D eigenvalue weighted by molar-refractivity contribution is 5.66. The first-order valence-corrected chi connectivity index (χ1v) is 5.71. The number of carboxylic acid groups (broad SMARTS) is 1. The molecule has 3 heteroatoms. The number of carbonyl (C=O) groups is 1. The Hall–Kier alpha value is -1.35. The molecule has 0 saturated heterocycles. The molecule has 3 nitrogen and oxygen atoms in total. The number of hydrogen-bond donors (Lipinski definition) is 2. The van der Waals surface area contributed by atoms with Crippen molar-refractivity contribution in [2.75, 3.05) is 6.54 Å². The van der Waals surface area contributed by atoms with Gasteiger partial charge in [0.25, 0.3) is 0 Å². The molecular formula is C13H19NO2. The normalized spacial score (nSPS) is 12.3. The fourth-order valence-electron chi connectivity index (χ4n) is 1.76. The Morgan fingerprint density at radius 1 is 1.38 bits per heavy atom. The number of hydrogen-bond acceptors (Lipinski definition) is 2. The van der Waals surface area contributed by atoms with Crippen LogP contribution in [0, 0.1) is 0 Å². The maximum atomic E-state index is 10.5. The van der Waals surface area contributed by atoms with E-state index in [1.54, 1.807) is 0 Å². The molecule has 1 rings (SSSR count). The van der Waals surface area contributed by atoms with Gasteiger partial charge >= 0.3 is 5.97 Å². The SMILES string of the molecule is CCN[C@H](CCC(=O)O)Cc1ccccc1. The quantitative estimate of drug-likeness (QED) is 0.741. The van der Waals surface area contributed by atoms with Crippen LogP contribution in [0.2, 0.25) is 0 Å². The van der Waals surface area contributed by atoms with Crippen LogP contribution in [0.5, 0.6) is 0 Å². The highest BCUT2D eigenvalue weighted by Crippen LogP contribution is 2.07. The minimum atomic E-state index is -0.726. The van der Waals surface area contributed by atoms with Crippen LogP contribution in [0.3, 0.4) is 0 Å². The molecule has 0 aliphatic carbocycles. The Balaban J connectivity index is 2.47.